The van der Waals surface area contributed by atoms with Gasteiger partial charge in [-0.2, -0.15) is 4.98 Å². The molecule has 1 saturated heterocycles. The quantitative estimate of drug-likeness (QED) is 0.781. The van der Waals surface area contributed by atoms with Crippen LogP contribution in [0.1, 0.15) is 12.0 Å². The van der Waals surface area contributed by atoms with E-state index >= 15 is 0 Å². The van der Waals surface area contributed by atoms with E-state index in [4.69, 9.17) is 26.8 Å². The molecule has 0 spiro atoms. The Morgan fingerprint density at radius 3 is 3.17 bits per heavy atom. The third-order valence-corrected chi connectivity index (χ3v) is 3.78. The fourth-order valence-electron chi connectivity index (χ4n) is 2.30. The predicted octanol–water partition coefficient (Wildman–Crippen LogP) is 2.13. The molecule has 122 valence electrons. The Morgan fingerprint density at radius 2 is 2.35 bits per heavy atom. The molecule has 0 saturated carbocycles. The molecule has 2 aromatic rings. The summed E-state index contributed by atoms with van der Waals surface area (Å²) in [6.45, 7) is 2.68. The standard InChI is InChI=1S/C15H18ClN5O2/c16-15-20-6-12(17)14(21-15)19-5-11-1-3-18-7-13(11)23-9-10-2-4-22-8-10/h1,3,6-7,10H,2,4-5,8-9,17H2,(H,19,20,21). The van der Waals surface area contributed by atoms with Crippen LogP contribution < -0.4 is 15.8 Å². The van der Waals surface area contributed by atoms with Crippen LogP contribution in [-0.2, 0) is 11.3 Å². The van der Waals surface area contributed by atoms with Crippen LogP contribution in [0.3, 0.4) is 0 Å². The fourth-order valence-corrected chi connectivity index (χ4v) is 2.43. The Bertz CT molecular complexity index is 664. The summed E-state index contributed by atoms with van der Waals surface area (Å²) in [6.07, 6.45) is 5.94. The molecule has 3 N–H and O–H groups in total. The van der Waals surface area contributed by atoms with Crippen LogP contribution in [0.15, 0.2) is 24.7 Å². The average Bonchev–Trinajstić information content (AvgIpc) is 3.08. The van der Waals surface area contributed by atoms with Gasteiger partial charge in [-0.25, -0.2) is 4.98 Å². The lowest BCUT2D eigenvalue weighted by Gasteiger charge is -2.14. The fraction of sp³-hybridized carbons (Fsp3) is 0.400. The second kappa shape index (κ2) is 7.43. The topological polar surface area (TPSA) is 95.2 Å². The van der Waals surface area contributed by atoms with Crippen LogP contribution in [-0.4, -0.2) is 34.8 Å². The number of hydrogen-bond donors (Lipinski definition) is 2. The minimum absolute atomic E-state index is 0.147. The van der Waals surface area contributed by atoms with Crippen molar-refractivity contribution >= 4 is 23.1 Å². The maximum absolute atomic E-state index is 5.89. The predicted molar refractivity (Wildman–Crippen MR) is 87.4 cm³/mol. The molecular formula is C15H18ClN5O2. The van der Waals surface area contributed by atoms with Gasteiger partial charge in [0.2, 0.25) is 5.28 Å². The molecule has 1 atom stereocenters. The van der Waals surface area contributed by atoms with Crippen molar-refractivity contribution in [1.82, 2.24) is 15.0 Å². The van der Waals surface area contributed by atoms with Crippen molar-refractivity contribution in [3.8, 4) is 5.75 Å². The second-order valence-electron chi connectivity index (χ2n) is 5.32. The summed E-state index contributed by atoms with van der Waals surface area (Å²) >= 11 is 5.79. The lowest BCUT2D eigenvalue weighted by Crippen LogP contribution is -2.13. The van der Waals surface area contributed by atoms with Crippen molar-refractivity contribution in [2.24, 2.45) is 5.92 Å². The molecule has 0 aromatic carbocycles. The molecule has 1 aliphatic rings. The van der Waals surface area contributed by atoms with Crippen LogP contribution in [0, 0.1) is 5.92 Å². The molecule has 3 heterocycles. The van der Waals surface area contributed by atoms with Crippen molar-refractivity contribution < 1.29 is 9.47 Å². The van der Waals surface area contributed by atoms with Gasteiger partial charge in [0.25, 0.3) is 0 Å². The Hall–Kier alpha value is -2.12. The van der Waals surface area contributed by atoms with Crippen LogP contribution >= 0.6 is 11.6 Å². The number of halogens is 1. The molecule has 0 bridgehead atoms. The number of nitrogen functional groups attached to an aromatic ring is 1. The molecule has 0 aliphatic carbocycles. The van der Waals surface area contributed by atoms with E-state index in [9.17, 15) is 0 Å². The van der Waals surface area contributed by atoms with E-state index in [1.165, 1.54) is 6.20 Å². The van der Waals surface area contributed by atoms with Crippen LogP contribution in [0.5, 0.6) is 5.75 Å². The van der Waals surface area contributed by atoms with Crippen molar-refractivity contribution in [3.05, 3.63) is 35.5 Å². The number of nitrogens with two attached hydrogens (primary N) is 1. The number of hydrogen-bond acceptors (Lipinski definition) is 7. The van der Waals surface area contributed by atoms with Gasteiger partial charge in [-0.05, 0) is 24.1 Å². The first-order valence-electron chi connectivity index (χ1n) is 7.37. The van der Waals surface area contributed by atoms with Gasteiger partial charge in [0.05, 0.1) is 31.3 Å². The zero-order valence-corrected chi connectivity index (χ0v) is 13.3. The molecule has 0 amide bonds. The second-order valence-corrected chi connectivity index (χ2v) is 5.66. The van der Waals surface area contributed by atoms with Crippen molar-refractivity contribution in [1.29, 1.82) is 0 Å². The summed E-state index contributed by atoms with van der Waals surface area (Å²) in [5.74, 6) is 1.68. The summed E-state index contributed by atoms with van der Waals surface area (Å²) in [7, 11) is 0. The lowest BCUT2D eigenvalue weighted by atomic mass is 10.1. The highest BCUT2D eigenvalue weighted by molar-refractivity contribution is 6.28. The van der Waals surface area contributed by atoms with E-state index in [1.807, 2.05) is 6.07 Å². The number of anilines is 2. The molecule has 1 unspecified atom stereocenters. The van der Waals surface area contributed by atoms with Crippen LogP contribution in [0.4, 0.5) is 11.5 Å². The summed E-state index contributed by atoms with van der Waals surface area (Å²) in [4.78, 5) is 12.0. The molecule has 8 heteroatoms. The molecule has 2 aromatic heterocycles. The molecule has 7 nitrogen and oxygen atoms in total. The third kappa shape index (κ3) is 4.20. The van der Waals surface area contributed by atoms with Crippen molar-refractivity contribution in [3.63, 3.8) is 0 Å². The number of rotatable bonds is 6. The maximum Gasteiger partial charge on any atom is 0.224 e. The molecule has 23 heavy (non-hydrogen) atoms. The number of ether oxygens (including phenoxy) is 2. The van der Waals surface area contributed by atoms with E-state index in [0.29, 0.717) is 30.6 Å². The van der Waals surface area contributed by atoms with E-state index in [2.05, 4.69) is 20.3 Å². The zero-order valence-electron chi connectivity index (χ0n) is 12.5. The molecule has 3 rings (SSSR count). The van der Waals surface area contributed by atoms with Gasteiger partial charge < -0.3 is 20.5 Å². The zero-order chi connectivity index (χ0) is 16.1. The largest absolute Gasteiger partial charge is 0.491 e. The highest BCUT2D eigenvalue weighted by Crippen LogP contribution is 2.22. The smallest absolute Gasteiger partial charge is 0.224 e. The van der Waals surface area contributed by atoms with E-state index in [1.54, 1.807) is 12.4 Å². The Balaban J connectivity index is 1.64. The van der Waals surface area contributed by atoms with Gasteiger partial charge in [-0.3, -0.25) is 4.98 Å². The first kappa shape index (κ1) is 15.8. The van der Waals surface area contributed by atoms with Crippen molar-refractivity contribution in [2.75, 3.05) is 30.9 Å². The van der Waals surface area contributed by atoms with Crippen molar-refractivity contribution in [2.45, 2.75) is 13.0 Å². The highest BCUT2D eigenvalue weighted by atomic mass is 35.5. The van der Waals surface area contributed by atoms with Gasteiger partial charge in [-0.1, -0.05) is 0 Å². The monoisotopic (exact) mass is 335 g/mol. The molecule has 1 aliphatic heterocycles. The highest BCUT2D eigenvalue weighted by Gasteiger charge is 2.17. The lowest BCUT2D eigenvalue weighted by molar-refractivity contribution is 0.166. The first-order chi connectivity index (χ1) is 11.2. The summed E-state index contributed by atoms with van der Waals surface area (Å²) < 4.78 is 11.2. The number of pyridine rings is 1. The van der Waals surface area contributed by atoms with Gasteiger partial charge in [0, 0.05) is 30.8 Å². The van der Waals surface area contributed by atoms with Gasteiger partial charge in [0.15, 0.2) is 5.82 Å². The normalized spacial score (nSPS) is 17.2. The minimum Gasteiger partial charge on any atom is -0.491 e. The van der Waals surface area contributed by atoms with Crippen LogP contribution in [0.2, 0.25) is 5.28 Å². The Labute approximate surface area is 139 Å². The van der Waals surface area contributed by atoms with Gasteiger partial charge in [-0.15, -0.1) is 0 Å². The first-order valence-corrected chi connectivity index (χ1v) is 7.75. The molecular weight excluding hydrogens is 318 g/mol. The summed E-state index contributed by atoms with van der Waals surface area (Å²) in [6, 6.07) is 1.90. The van der Waals surface area contributed by atoms with Gasteiger partial charge in [0.1, 0.15) is 5.75 Å². The number of nitrogens with one attached hydrogen (secondary N) is 1. The number of nitrogens with zero attached hydrogens (tertiary/aromatic N) is 3. The van der Waals surface area contributed by atoms with E-state index in [-0.39, 0.29) is 5.28 Å². The average molecular weight is 336 g/mol. The molecule has 1 fully saturated rings. The summed E-state index contributed by atoms with van der Waals surface area (Å²) in [5.41, 5.74) is 7.23. The maximum atomic E-state index is 5.89. The van der Waals surface area contributed by atoms with E-state index < -0.39 is 0 Å². The third-order valence-electron chi connectivity index (χ3n) is 3.60. The van der Waals surface area contributed by atoms with Crippen LogP contribution in [0.25, 0.3) is 0 Å². The Kier molecular flexibility index (Phi) is 5.09. The molecule has 0 radical (unpaired) electrons. The SMILES string of the molecule is Nc1cnc(Cl)nc1NCc1ccncc1OCC1CCOC1. The summed E-state index contributed by atoms with van der Waals surface area (Å²) in [5, 5.41) is 3.29. The van der Waals surface area contributed by atoms with Gasteiger partial charge >= 0.3 is 0 Å². The minimum atomic E-state index is 0.147. The Morgan fingerprint density at radius 1 is 1.43 bits per heavy atom. The number of aromatic nitrogens is 3. The van der Waals surface area contributed by atoms with E-state index in [0.717, 1.165) is 30.9 Å².